The molecule has 2 aromatic rings. The lowest BCUT2D eigenvalue weighted by atomic mass is 10.2. The van der Waals surface area contributed by atoms with Crippen molar-refractivity contribution in [3.63, 3.8) is 0 Å². The number of nitrogens with two attached hydrogens (primary N) is 1. The van der Waals surface area contributed by atoms with Crippen LogP contribution in [0.2, 0.25) is 10.0 Å². The maximum Gasteiger partial charge on any atom is 0.274 e. The number of carbonyl (C=O) groups excluding carboxylic acids is 1. The molecule has 0 saturated carbocycles. The maximum absolute atomic E-state index is 12.0. The SMILES string of the molecule is Cc1cccc(C(=O)Nc2cc(Cl)c(N)c(Cl)c2)n1. The van der Waals surface area contributed by atoms with Crippen LogP contribution in [0, 0.1) is 6.92 Å². The van der Waals surface area contributed by atoms with E-state index in [-0.39, 0.29) is 11.6 Å². The van der Waals surface area contributed by atoms with Crippen LogP contribution in [0.25, 0.3) is 0 Å². The molecule has 0 aliphatic rings. The van der Waals surface area contributed by atoms with Crippen molar-refractivity contribution >= 4 is 40.5 Å². The molecule has 0 radical (unpaired) electrons. The molecule has 6 heteroatoms. The van der Waals surface area contributed by atoms with Gasteiger partial charge in [-0.15, -0.1) is 0 Å². The van der Waals surface area contributed by atoms with Crippen LogP contribution in [0.5, 0.6) is 0 Å². The van der Waals surface area contributed by atoms with Gasteiger partial charge in [-0.05, 0) is 31.2 Å². The zero-order chi connectivity index (χ0) is 14.0. The Bertz CT molecular complexity index is 621. The fourth-order valence-corrected chi connectivity index (χ4v) is 2.01. The van der Waals surface area contributed by atoms with E-state index in [0.29, 0.717) is 21.4 Å². The van der Waals surface area contributed by atoms with Gasteiger partial charge in [0.25, 0.3) is 5.91 Å². The molecule has 2 rings (SSSR count). The summed E-state index contributed by atoms with van der Waals surface area (Å²) in [5.41, 5.74) is 7.47. The number of carbonyl (C=O) groups is 1. The Kier molecular flexibility index (Phi) is 3.93. The number of amides is 1. The highest BCUT2D eigenvalue weighted by molar-refractivity contribution is 6.39. The first-order valence-electron chi connectivity index (χ1n) is 5.47. The number of benzene rings is 1. The van der Waals surface area contributed by atoms with Gasteiger partial charge in [0.1, 0.15) is 5.69 Å². The highest BCUT2D eigenvalue weighted by Crippen LogP contribution is 2.31. The van der Waals surface area contributed by atoms with Crippen molar-refractivity contribution in [3.8, 4) is 0 Å². The van der Waals surface area contributed by atoms with Crippen LogP contribution in [0.4, 0.5) is 11.4 Å². The third-order valence-electron chi connectivity index (χ3n) is 2.46. The molecule has 0 atom stereocenters. The first kappa shape index (κ1) is 13.6. The summed E-state index contributed by atoms with van der Waals surface area (Å²) < 4.78 is 0. The molecular weight excluding hydrogens is 285 g/mol. The number of halogens is 2. The molecule has 1 aromatic heterocycles. The molecule has 0 saturated heterocycles. The third-order valence-corrected chi connectivity index (χ3v) is 3.08. The number of nitrogens with one attached hydrogen (secondary N) is 1. The second kappa shape index (κ2) is 5.47. The lowest BCUT2D eigenvalue weighted by Gasteiger charge is -2.08. The number of hydrogen-bond donors (Lipinski definition) is 2. The van der Waals surface area contributed by atoms with E-state index < -0.39 is 0 Å². The van der Waals surface area contributed by atoms with Gasteiger partial charge in [-0.25, -0.2) is 4.98 Å². The molecule has 19 heavy (non-hydrogen) atoms. The van der Waals surface area contributed by atoms with E-state index >= 15 is 0 Å². The molecular formula is C13H11Cl2N3O. The van der Waals surface area contributed by atoms with E-state index in [1.807, 2.05) is 13.0 Å². The number of aryl methyl sites for hydroxylation is 1. The zero-order valence-corrected chi connectivity index (χ0v) is 11.6. The Morgan fingerprint density at radius 1 is 1.26 bits per heavy atom. The molecule has 98 valence electrons. The molecule has 0 spiro atoms. The smallest absolute Gasteiger partial charge is 0.274 e. The highest BCUT2D eigenvalue weighted by Gasteiger charge is 2.10. The molecule has 0 unspecified atom stereocenters. The normalized spacial score (nSPS) is 10.3. The Labute approximate surface area is 120 Å². The molecule has 0 fully saturated rings. The van der Waals surface area contributed by atoms with Crippen molar-refractivity contribution in [2.24, 2.45) is 0 Å². The van der Waals surface area contributed by atoms with E-state index in [4.69, 9.17) is 28.9 Å². The summed E-state index contributed by atoms with van der Waals surface area (Å²) in [6.07, 6.45) is 0. The van der Waals surface area contributed by atoms with Crippen LogP contribution in [-0.2, 0) is 0 Å². The van der Waals surface area contributed by atoms with Crippen LogP contribution in [0.3, 0.4) is 0 Å². The van der Waals surface area contributed by atoms with E-state index in [0.717, 1.165) is 5.69 Å². The van der Waals surface area contributed by atoms with Crippen molar-refractivity contribution in [1.29, 1.82) is 0 Å². The number of rotatable bonds is 2. The van der Waals surface area contributed by atoms with Crippen LogP contribution in [-0.4, -0.2) is 10.9 Å². The summed E-state index contributed by atoms with van der Waals surface area (Å²) >= 11 is 11.8. The zero-order valence-electron chi connectivity index (χ0n) is 10.1. The summed E-state index contributed by atoms with van der Waals surface area (Å²) in [6.45, 7) is 1.81. The van der Waals surface area contributed by atoms with E-state index in [9.17, 15) is 4.79 Å². The maximum atomic E-state index is 12.0. The quantitative estimate of drug-likeness (QED) is 0.833. The van der Waals surface area contributed by atoms with E-state index in [1.54, 1.807) is 12.1 Å². The standard InChI is InChI=1S/C13H11Cl2N3O/c1-7-3-2-4-11(17-7)13(19)18-8-5-9(14)12(16)10(15)6-8/h2-6H,16H2,1H3,(H,18,19). The fraction of sp³-hybridized carbons (Fsp3) is 0.0769. The molecule has 1 heterocycles. The van der Waals surface area contributed by atoms with Gasteiger partial charge in [0.15, 0.2) is 0 Å². The lowest BCUT2D eigenvalue weighted by Crippen LogP contribution is -2.14. The van der Waals surface area contributed by atoms with Gasteiger partial charge < -0.3 is 11.1 Å². The Morgan fingerprint density at radius 3 is 2.47 bits per heavy atom. The van der Waals surface area contributed by atoms with Gasteiger partial charge in [0.2, 0.25) is 0 Å². The minimum atomic E-state index is -0.333. The highest BCUT2D eigenvalue weighted by atomic mass is 35.5. The third kappa shape index (κ3) is 3.16. The van der Waals surface area contributed by atoms with Gasteiger partial charge in [-0.1, -0.05) is 29.3 Å². The lowest BCUT2D eigenvalue weighted by molar-refractivity contribution is 0.102. The van der Waals surface area contributed by atoms with Gasteiger partial charge in [-0.3, -0.25) is 4.79 Å². The molecule has 0 bridgehead atoms. The average Bonchev–Trinajstić information content (AvgIpc) is 2.36. The Hall–Kier alpha value is -1.78. The fourth-order valence-electron chi connectivity index (χ4n) is 1.52. The molecule has 0 aliphatic heterocycles. The molecule has 0 aliphatic carbocycles. The van der Waals surface area contributed by atoms with Gasteiger partial charge >= 0.3 is 0 Å². The van der Waals surface area contributed by atoms with Crippen LogP contribution in [0.1, 0.15) is 16.2 Å². The van der Waals surface area contributed by atoms with E-state index in [2.05, 4.69) is 10.3 Å². The van der Waals surface area contributed by atoms with Gasteiger partial charge in [0, 0.05) is 11.4 Å². The van der Waals surface area contributed by atoms with Crippen LogP contribution in [0.15, 0.2) is 30.3 Å². The average molecular weight is 296 g/mol. The van der Waals surface area contributed by atoms with Crippen molar-refractivity contribution in [1.82, 2.24) is 4.98 Å². The molecule has 1 amide bonds. The Morgan fingerprint density at radius 2 is 1.89 bits per heavy atom. The first-order chi connectivity index (χ1) is 8.97. The topological polar surface area (TPSA) is 68.0 Å². The number of hydrogen-bond acceptors (Lipinski definition) is 3. The largest absolute Gasteiger partial charge is 0.396 e. The van der Waals surface area contributed by atoms with Crippen molar-refractivity contribution < 1.29 is 4.79 Å². The molecule has 4 nitrogen and oxygen atoms in total. The Balaban J connectivity index is 2.24. The van der Waals surface area contributed by atoms with Crippen LogP contribution >= 0.6 is 23.2 Å². The molecule has 1 aromatic carbocycles. The number of pyridine rings is 1. The summed E-state index contributed by atoms with van der Waals surface area (Å²) in [4.78, 5) is 16.1. The summed E-state index contributed by atoms with van der Waals surface area (Å²) in [5, 5.41) is 3.25. The number of aromatic nitrogens is 1. The van der Waals surface area contributed by atoms with Gasteiger partial charge in [0.05, 0.1) is 15.7 Å². The van der Waals surface area contributed by atoms with Gasteiger partial charge in [-0.2, -0.15) is 0 Å². The number of nitrogens with zero attached hydrogens (tertiary/aromatic N) is 1. The van der Waals surface area contributed by atoms with Crippen molar-refractivity contribution in [2.45, 2.75) is 6.92 Å². The predicted octanol–water partition coefficient (Wildman–Crippen LogP) is 3.53. The van der Waals surface area contributed by atoms with E-state index in [1.165, 1.54) is 12.1 Å². The summed E-state index contributed by atoms with van der Waals surface area (Å²) in [6, 6.07) is 8.28. The van der Waals surface area contributed by atoms with Crippen molar-refractivity contribution in [3.05, 3.63) is 51.8 Å². The first-order valence-corrected chi connectivity index (χ1v) is 6.22. The van der Waals surface area contributed by atoms with Crippen molar-refractivity contribution in [2.75, 3.05) is 11.1 Å². The summed E-state index contributed by atoms with van der Waals surface area (Å²) in [5.74, 6) is -0.333. The number of nitrogen functional groups attached to an aromatic ring is 1. The second-order valence-corrected chi connectivity index (χ2v) is 4.79. The van der Waals surface area contributed by atoms with Crippen LogP contribution < -0.4 is 11.1 Å². The number of anilines is 2. The second-order valence-electron chi connectivity index (χ2n) is 3.97. The minimum Gasteiger partial charge on any atom is -0.396 e. The predicted molar refractivity (Wildman–Crippen MR) is 77.8 cm³/mol. The molecule has 3 N–H and O–H groups in total. The minimum absolute atomic E-state index is 0.287. The summed E-state index contributed by atoms with van der Waals surface area (Å²) in [7, 11) is 0. The monoisotopic (exact) mass is 295 g/mol.